The normalized spacial score (nSPS) is 37.2. The highest BCUT2D eigenvalue weighted by atomic mass is 16.3. The van der Waals surface area contributed by atoms with E-state index in [2.05, 4.69) is 20.8 Å². The molecule has 1 N–H and O–H groups in total. The zero-order valence-electron chi connectivity index (χ0n) is 9.56. The number of rotatable bonds is 0. The minimum absolute atomic E-state index is 0.244. The molecule has 0 aromatic carbocycles. The van der Waals surface area contributed by atoms with Crippen LogP contribution in [0.15, 0.2) is 0 Å². The van der Waals surface area contributed by atoms with Crippen molar-refractivity contribution >= 4 is 0 Å². The van der Waals surface area contributed by atoms with Gasteiger partial charge in [0.25, 0.3) is 0 Å². The third-order valence-electron chi connectivity index (χ3n) is 3.47. The van der Waals surface area contributed by atoms with Gasteiger partial charge in [-0.05, 0) is 31.1 Å². The van der Waals surface area contributed by atoms with Gasteiger partial charge in [-0.15, -0.1) is 0 Å². The van der Waals surface area contributed by atoms with Crippen molar-refractivity contribution in [3.63, 3.8) is 0 Å². The summed E-state index contributed by atoms with van der Waals surface area (Å²) < 4.78 is 0. The molecule has 0 radical (unpaired) electrons. The van der Waals surface area contributed by atoms with Crippen molar-refractivity contribution in [1.29, 1.82) is 0 Å². The quantitative estimate of drug-likeness (QED) is 0.572. The molecule has 13 heavy (non-hydrogen) atoms. The molecule has 1 aliphatic rings. The average Bonchev–Trinajstić information content (AvgIpc) is 2.07. The maximum atomic E-state index is 10.3. The summed E-state index contributed by atoms with van der Waals surface area (Å²) in [7, 11) is 0. The van der Waals surface area contributed by atoms with Crippen molar-refractivity contribution in [2.24, 2.45) is 11.3 Å². The van der Waals surface area contributed by atoms with Crippen LogP contribution in [-0.4, -0.2) is 10.7 Å². The smallest absolute Gasteiger partial charge is 0.0652 e. The number of hydrogen-bond donors (Lipinski definition) is 1. The lowest BCUT2D eigenvalue weighted by molar-refractivity contribution is -0.0521. The highest BCUT2D eigenvalue weighted by Gasteiger charge is 2.39. The fourth-order valence-corrected chi connectivity index (χ4v) is 2.86. The van der Waals surface area contributed by atoms with Gasteiger partial charge in [-0.3, -0.25) is 0 Å². The van der Waals surface area contributed by atoms with Crippen molar-refractivity contribution < 1.29 is 5.11 Å². The second-order valence-corrected chi connectivity index (χ2v) is 5.88. The van der Waals surface area contributed by atoms with E-state index in [9.17, 15) is 5.11 Å². The predicted molar refractivity (Wildman–Crippen MR) is 56.7 cm³/mol. The SMILES string of the molecule is CC(C)(C)[C@H]1CCCCC[C@@]1(C)O. The van der Waals surface area contributed by atoms with Gasteiger partial charge in [0.15, 0.2) is 0 Å². The minimum Gasteiger partial charge on any atom is -0.390 e. The summed E-state index contributed by atoms with van der Waals surface area (Å²) in [6.07, 6.45) is 5.95. The molecule has 1 fully saturated rings. The van der Waals surface area contributed by atoms with Crippen LogP contribution in [0.3, 0.4) is 0 Å². The number of aliphatic hydroxyl groups is 1. The molecule has 1 aliphatic carbocycles. The Morgan fingerprint density at radius 1 is 1.15 bits per heavy atom. The van der Waals surface area contributed by atoms with E-state index in [0.29, 0.717) is 5.92 Å². The first-order chi connectivity index (χ1) is 5.84. The molecule has 1 nitrogen and oxygen atoms in total. The van der Waals surface area contributed by atoms with Crippen LogP contribution in [0.1, 0.15) is 59.8 Å². The first-order valence-electron chi connectivity index (χ1n) is 5.56. The summed E-state index contributed by atoms with van der Waals surface area (Å²) in [5.41, 5.74) is -0.192. The minimum atomic E-state index is -0.436. The molecule has 78 valence electrons. The Labute approximate surface area is 82.5 Å². The molecule has 0 aromatic heterocycles. The molecule has 0 bridgehead atoms. The summed E-state index contributed by atoms with van der Waals surface area (Å²) in [5.74, 6) is 0.461. The van der Waals surface area contributed by atoms with Gasteiger partial charge < -0.3 is 5.11 Å². The lowest BCUT2D eigenvalue weighted by Gasteiger charge is -2.40. The van der Waals surface area contributed by atoms with Crippen LogP contribution in [-0.2, 0) is 0 Å². The van der Waals surface area contributed by atoms with E-state index in [1.165, 1.54) is 25.7 Å². The summed E-state index contributed by atoms with van der Waals surface area (Å²) >= 11 is 0. The Balaban J connectivity index is 2.78. The molecule has 1 heteroatoms. The van der Waals surface area contributed by atoms with E-state index in [-0.39, 0.29) is 5.41 Å². The number of hydrogen-bond acceptors (Lipinski definition) is 1. The van der Waals surface area contributed by atoms with Crippen LogP contribution < -0.4 is 0 Å². The van der Waals surface area contributed by atoms with Gasteiger partial charge >= 0.3 is 0 Å². The molecule has 2 atom stereocenters. The largest absolute Gasteiger partial charge is 0.390 e. The second kappa shape index (κ2) is 3.61. The van der Waals surface area contributed by atoms with Crippen LogP contribution in [0.2, 0.25) is 0 Å². The highest BCUT2D eigenvalue weighted by Crippen LogP contribution is 2.42. The Morgan fingerprint density at radius 3 is 2.31 bits per heavy atom. The van der Waals surface area contributed by atoms with Gasteiger partial charge in [-0.25, -0.2) is 0 Å². The van der Waals surface area contributed by atoms with Crippen molar-refractivity contribution in [2.75, 3.05) is 0 Å². The molecule has 1 saturated carbocycles. The average molecular weight is 184 g/mol. The predicted octanol–water partition coefficient (Wildman–Crippen LogP) is 3.36. The van der Waals surface area contributed by atoms with Gasteiger partial charge in [0, 0.05) is 0 Å². The summed E-state index contributed by atoms with van der Waals surface area (Å²) in [6, 6.07) is 0. The van der Waals surface area contributed by atoms with Crippen LogP contribution in [0.25, 0.3) is 0 Å². The van der Waals surface area contributed by atoms with Gasteiger partial charge in [-0.1, -0.05) is 40.0 Å². The van der Waals surface area contributed by atoms with E-state index in [0.717, 1.165) is 6.42 Å². The van der Waals surface area contributed by atoms with Crippen LogP contribution >= 0.6 is 0 Å². The van der Waals surface area contributed by atoms with Crippen LogP contribution in [0.5, 0.6) is 0 Å². The molecule has 1 rings (SSSR count). The summed E-state index contributed by atoms with van der Waals surface area (Å²) in [4.78, 5) is 0. The third-order valence-corrected chi connectivity index (χ3v) is 3.47. The van der Waals surface area contributed by atoms with Crippen LogP contribution in [0, 0.1) is 11.3 Å². The maximum Gasteiger partial charge on any atom is 0.0652 e. The van der Waals surface area contributed by atoms with E-state index < -0.39 is 5.60 Å². The van der Waals surface area contributed by atoms with Crippen molar-refractivity contribution in [1.82, 2.24) is 0 Å². The Hall–Kier alpha value is -0.0400. The first-order valence-corrected chi connectivity index (χ1v) is 5.56. The molecule has 0 amide bonds. The van der Waals surface area contributed by atoms with Gasteiger partial charge in [0.2, 0.25) is 0 Å². The van der Waals surface area contributed by atoms with Gasteiger partial charge in [0.1, 0.15) is 0 Å². The van der Waals surface area contributed by atoms with Crippen molar-refractivity contribution in [2.45, 2.75) is 65.4 Å². The van der Waals surface area contributed by atoms with Gasteiger partial charge in [-0.2, -0.15) is 0 Å². The topological polar surface area (TPSA) is 20.2 Å². The Bertz CT molecular complexity index is 164. The molecule has 0 saturated heterocycles. The molecular formula is C12H24O. The molecule has 0 unspecified atom stereocenters. The Morgan fingerprint density at radius 2 is 1.77 bits per heavy atom. The maximum absolute atomic E-state index is 10.3. The first kappa shape index (κ1) is 11.0. The molecule has 0 aliphatic heterocycles. The van der Waals surface area contributed by atoms with Crippen molar-refractivity contribution in [3.8, 4) is 0 Å². The summed E-state index contributed by atoms with van der Waals surface area (Å²) in [5, 5.41) is 10.3. The molecular weight excluding hydrogens is 160 g/mol. The van der Waals surface area contributed by atoms with Crippen molar-refractivity contribution in [3.05, 3.63) is 0 Å². The fourth-order valence-electron chi connectivity index (χ4n) is 2.86. The van der Waals surface area contributed by atoms with Crippen LogP contribution in [0.4, 0.5) is 0 Å². The third kappa shape index (κ3) is 2.70. The van der Waals surface area contributed by atoms with E-state index >= 15 is 0 Å². The monoisotopic (exact) mass is 184 g/mol. The Kier molecular flexibility index (Phi) is 3.06. The lowest BCUT2D eigenvalue weighted by atomic mass is 9.69. The van der Waals surface area contributed by atoms with Gasteiger partial charge in [0.05, 0.1) is 5.60 Å². The van der Waals surface area contributed by atoms with E-state index in [1.54, 1.807) is 0 Å². The molecule has 0 heterocycles. The standard InChI is InChI=1S/C12H24O/c1-11(2,3)10-8-6-5-7-9-12(10,4)13/h10,13H,5-9H2,1-4H3/t10-,12-/m1/s1. The zero-order chi connectivity index (χ0) is 10.1. The van der Waals surface area contributed by atoms with E-state index in [1.807, 2.05) is 6.92 Å². The fraction of sp³-hybridized carbons (Fsp3) is 1.00. The molecule has 0 aromatic rings. The molecule has 0 spiro atoms. The zero-order valence-corrected chi connectivity index (χ0v) is 9.56. The second-order valence-electron chi connectivity index (χ2n) is 5.88. The lowest BCUT2D eigenvalue weighted by Crippen LogP contribution is -2.41. The van der Waals surface area contributed by atoms with E-state index in [4.69, 9.17) is 0 Å². The highest BCUT2D eigenvalue weighted by molar-refractivity contribution is 4.91. The summed E-state index contributed by atoms with van der Waals surface area (Å²) in [6.45, 7) is 8.76.